The van der Waals surface area contributed by atoms with Gasteiger partial charge in [0.15, 0.2) is 0 Å². The number of carbonyl (C=O) groups is 1. The predicted molar refractivity (Wildman–Crippen MR) is 121 cm³/mol. The Hall–Kier alpha value is -1.50. The Balaban J connectivity index is 1.25. The standard InChI is InChI=1S/C23H32N4OS/c28-23(27-11-13-29-14-12-27)18-5-6-21-19(16-24-22(21)15-18)17-25-7-2-8-26(10-9-25)20-3-1-4-20/h5-6,15-16,20,24H,1-4,7-14,17H2. The molecule has 1 aliphatic carbocycles. The van der Waals surface area contributed by atoms with Crippen LogP contribution in [-0.4, -0.2) is 82.4 Å². The SMILES string of the molecule is O=C(c1ccc2c(CN3CCCN(C4CCC4)CC3)c[nH]c2c1)N1CCSCC1. The number of fused-ring (bicyclic) bond motifs is 1. The Morgan fingerprint density at radius 2 is 1.90 bits per heavy atom. The van der Waals surface area contributed by atoms with Crippen LogP contribution in [0.4, 0.5) is 0 Å². The molecule has 3 aliphatic rings. The molecule has 5 rings (SSSR count). The number of thioether (sulfide) groups is 1. The van der Waals surface area contributed by atoms with Crippen LogP contribution in [0.3, 0.4) is 0 Å². The number of benzene rings is 1. The van der Waals surface area contributed by atoms with E-state index in [1.165, 1.54) is 56.3 Å². The second-order valence-corrected chi connectivity index (χ2v) is 9.95. The lowest BCUT2D eigenvalue weighted by Gasteiger charge is -2.36. The topological polar surface area (TPSA) is 42.6 Å². The first-order valence-corrected chi connectivity index (χ1v) is 12.4. The number of aromatic amines is 1. The predicted octanol–water partition coefficient (Wildman–Crippen LogP) is 3.42. The number of carbonyl (C=O) groups excluding carboxylic acids is 1. The molecule has 0 unspecified atom stereocenters. The minimum Gasteiger partial charge on any atom is -0.361 e. The highest BCUT2D eigenvalue weighted by Crippen LogP contribution is 2.27. The molecule has 2 saturated heterocycles. The Kier molecular flexibility index (Phi) is 5.84. The van der Waals surface area contributed by atoms with Crippen molar-refractivity contribution in [3.05, 3.63) is 35.5 Å². The Labute approximate surface area is 177 Å². The highest BCUT2D eigenvalue weighted by Gasteiger charge is 2.26. The van der Waals surface area contributed by atoms with E-state index >= 15 is 0 Å². The van der Waals surface area contributed by atoms with Gasteiger partial charge < -0.3 is 9.88 Å². The molecule has 1 N–H and O–H groups in total. The normalized spacial score (nSPS) is 22.6. The third-order valence-electron chi connectivity index (χ3n) is 6.92. The molecule has 5 nitrogen and oxygen atoms in total. The lowest BCUT2D eigenvalue weighted by atomic mass is 9.91. The van der Waals surface area contributed by atoms with Crippen molar-refractivity contribution >= 4 is 28.6 Å². The molecule has 0 spiro atoms. The summed E-state index contributed by atoms with van der Waals surface area (Å²) in [6.07, 6.45) is 7.64. The van der Waals surface area contributed by atoms with Crippen molar-refractivity contribution in [2.45, 2.75) is 38.3 Å². The van der Waals surface area contributed by atoms with E-state index in [0.29, 0.717) is 0 Å². The average molecular weight is 413 g/mol. The van der Waals surface area contributed by atoms with Crippen molar-refractivity contribution in [2.75, 3.05) is 50.8 Å². The summed E-state index contributed by atoms with van der Waals surface area (Å²) in [4.78, 5) is 23.5. The van der Waals surface area contributed by atoms with Crippen molar-refractivity contribution in [3.8, 4) is 0 Å². The summed E-state index contributed by atoms with van der Waals surface area (Å²) in [5.41, 5.74) is 3.25. The van der Waals surface area contributed by atoms with E-state index in [4.69, 9.17) is 0 Å². The van der Waals surface area contributed by atoms with Crippen LogP contribution in [-0.2, 0) is 6.54 Å². The molecular weight excluding hydrogens is 380 g/mol. The molecule has 0 radical (unpaired) electrons. The number of hydrogen-bond donors (Lipinski definition) is 1. The van der Waals surface area contributed by atoms with E-state index in [2.05, 4.69) is 27.0 Å². The first-order chi connectivity index (χ1) is 14.3. The van der Waals surface area contributed by atoms with E-state index in [9.17, 15) is 4.79 Å². The van der Waals surface area contributed by atoms with E-state index in [1.807, 2.05) is 28.8 Å². The van der Waals surface area contributed by atoms with Gasteiger partial charge in [-0.05, 0) is 50.0 Å². The van der Waals surface area contributed by atoms with Crippen molar-refractivity contribution in [1.82, 2.24) is 19.7 Å². The third kappa shape index (κ3) is 4.21. The van der Waals surface area contributed by atoms with Crippen molar-refractivity contribution < 1.29 is 4.79 Å². The number of amides is 1. The van der Waals surface area contributed by atoms with Crippen LogP contribution in [0.1, 0.15) is 41.6 Å². The molecule has 0 atom stereocenters. The van der Waals surface area contributed by atoms with Gasteiger partial charge in [-0.3, -0.25) is 14.6 Å². The van der Waals surface area contributed by atoms with Gasteiger partial charge in [0.2, 0.25) is 0 Å². The molecule has 0 bridgehead atoms. The summed E-state index contributed by atoms with van der Waals surface area (Å²) < 4.78 is 0. The zero-order valence-electron chi connectivity index (χ0n) is 17.2. The average Bonchev–Trinajstić information content (AvgIpc) is 2.98. The van der Waals surface area contributed by atoms with Gasteiger partial charge in [-0.2, -0.15) is 11.8 Å². The van der Waals surface area contributed by atoms with Gasteiger partial charge in [-0.1, -0.05) is 12.5 Å². The monoisotopic (exact) mass is 412 g/mol. The highest BCUT2D eigenvalue weighted by molar-refractivity contribution is 7.99. The van der Waals surface area contributed by atoms with E-state index in [1.54, 1.807) is 0 Å². The Morgan fingerprint density at radius 1 is 1.03 bits per heavy atom. The van der Waals surface area contributed by atoms with E-state index in [-0.39, 0.29) is 5.91 Å². The molecule has 1 aromatic heterocycles. The van der Waals surface area contributed by atoms with Gasteiger partial charge in [-0.15, -0.1) is 0 Å². The summed E-state index contributed by atoms with van der Waals surface area (Å²) in [6.45, 7) is 7.53. The number of nitrogens with zero attached hydrogens (tertiary/aromatic N) is 3. The molecule has 156 valence electrons. The Morgan fingerprint density at radius 3 is 2.69 bits per heavy atom. The van der Waals surface area contributed by atoms with Gasteiger partial charge >= 0.3 is 0 Å². The van der Waals surface area contributed by atoms with Crippen LogP contribution in [0.25, 0.3) is 10.9 Å². The number of rotatable bonds is 4. The second-order valence-electron chi connectivity index (χ2n) is 8.73. The minimum absolute atomic E-state index is 0.173. The maximum atomic E-state index is 12.8. The van der Waals surface area contributed by atoms with Crippen molar-refractivity contribution in [3.63, 3.8) is 0 Å². The largest absolute Gasteiger partial charge is 0.361 e. The smallest absolute Gasteiger partial charge is 0.253 e. The van der Waals surface area contributed by atoms with Crippen LogP contribution >= 0.6 is 11.8 Å². The molecule has 3 heterocycles. The molecule has 1 amide bonds. The molecule has 1 aromatic carbocycles. The quantitative estimate of drug-likeness (QED) is 0.836. The van der Waals surface area contributed by atoms with E-state index < -0.39 is 0 Å². The van der Waals surface area contributed by atoms with Crippen LogP contribution in [0.2, 0.25) is 0 Å². The first-order valence-electron chi connectivity index (χ1n) is 11.2. The number of H-pyrrole nitrogens is 1. The van der Waals surface area contributed by atoms with Gasteiger partial charge in [0.1, 0.15) is 0 Å². The molecule has 29 heavy (non-hydrogen) atoms. The van der Waals surface area contributed by atoms with Crippen LogP contribution in [0, 0.1) is 0 Å². The third-order valence-corrected chi connectivity index (χ3v) is 7.86. The molecule has 2 aliphatic heterocycles. The molecule has 3 fully saturated rings. The number of aromatic nitrogens is 1. The van der Waals surface area contributed by atoms with Crippen LogP contribution < -0.4 is 0 Å². The van der Waals surface area contributed by atoms with Crippen LogP contribution in [0.5, 0.6) is 0 Å². The summed E-state index contributed by atoms with van der Waals surface area (Å²) in [5, 5.41) is 1.26. The maximum absolute atomic E-state index is 12.8. The fourth-order valence-corrected chi connectivity index (χ4v) is 5.81. The fraction of sp³-hybridized carbons (Fsp3) is 0.609. The maximum Gasteiger partial charge on any atom is 0.253 e. The van der Waals surface area contributed by atoms with Gasteiger partial charge in [0.05, 0.1) is 0 Å². The number of nitrogens with one attached hydrogen (secondary N) is 1. The molecule has 2 aromatic rings. The molecule has 6 heteroatoms. The number of hydrogen-bond acceptors (Lipinski definition) is 4. The van der Waals surface area contributed by atoms with Crippen molar-refractivity contribution in [2.24, 2.45) is 0 Å². The summed E-state index contributed by atoms with van der Waals surface area (Å²) in [5.74, 6) is 2.27. The Bertz CT molecular complexity index is 856. The molecular formula is C23H32N4OS. The van der Waals surface area contributed by atoms with Crippen LogP contribution in [0.15, 0.2) is 24.4 Å². The summed E-state index contributed by atoms with van der Waals surface area (Å²) in [6, 6.07) is 7.07. The fourth-order valence-electron chi connectivity index (χ4n) is 4.91. The summed E-state index contributed by atoms with van der Waals surface area (Å²) >= 11 is 1.93. The first kappa shape index (κ1) is 19.5. The lowest BCUT2D eigenvalue weighted by molar-refractivity contribution is 0.0772. The lowest BCUT2D eigenvalue weighted by Crippen LogP contribution is -2.42. The van der Waals surface area contributed by atoms with Gasteiger partial charge in [-0.25, -0.2) is 0 Å². The van der Waals surface area contributed by atoms with Gasteiger partial charge in [0.25, 0.3) is 5.91 Å². The minimum atomic E-state index is 0.173. The molecule has 1 saturated carbocycles. The van der Waals surface area contributed by atoms with Crippen molar-refractivity contribution in [1.29, 1.82) is 0 Å². The zero-order chi connectivity index (χ0) is 19.6. The zero-order valence-corrected chi connectivity index (χ0v) is 18.1. The highest BCUT2D eigenvalue weighted by atomic mass is 32.2. The second kappa shape index (κ2) is 8.70. The van der Waals surface area contributed by atoms with E-state index in [0.717, 1.165) is 54.8 Å². The summed E-state index contributed by atoms with van der Waals surface area (Å²) in [7, 11) is 0. The van der Waals surface area contributed by atoms with Gasteiger partial charge in [0, 0.05) is 72.9 Å².